The number of ether oxygens (including phenoxy) is 2. The fraction of sp³-hybridized carbons (Fsp3) is 0.432. The summed E-state index contributed by atoms with van der Waals surface area (Å²) in [6, 6.07) is 3.22. The summed E-state index contributed by atoms with van der Waals surface area (Å²) < 4.78 is 12.7. The Kier molecular flexibility index (Phi) is 20.4. The molecule has 46 heavy (non-hydrogen) atoms. The van der Waals surface area contributed by atoms with Gasteiger partial charge in [0.2, 0.25) is 0 Å². The van der Waals surface area contributed by atoms with Gasteiger partial charge >= 0.3 is 17.9 Å². The lowest BCUT2D eigenvalue weighted by atomic mass is 9.86. The number of carbonyl (C=O) groups is 4. The van der Waals surface area contributed by atoms with E-state index in [1.165, 1.54) is 0 Å². The predicted molar refractivity (Wildman–Crippen MR) is 180 cm³/mol. The number of aromatic nitrogens is 1. The second-order valence-corrected chi connectivity index (χ2v) is 11.2. The first kappa shape index (κ1) is 39.5. The summed E-state index contributed by atoms with van der Waals surface area (Å²) in [6.45, 7) is 5.07. The topological polar surface area (TPSA) is 123 Å². The van der Waals surface area contributed by atoms with Gasteiger partial charge in [0.05, 0.1) is 12.8 Å². The van der Waals surface area contributed by atoms with Gasteiger partial charge in [0, 0.05) is 18.0 Å². The Hall–Kier alpha value is -4.53. The SMILES string of the molecule is CCC=CCC=CCC=CCC=CCC=CCC=CCC(=O)OCC(C)(C)C(OC(=O)c1ccc[n+](C)c1)C(=O)NCCC(=O)O. The highest BCUT2D eigenvalue weighted by atomic mass is 16.6. The van der Waals surface area contributed by atoms with E-state index in [4.69, 9.17) is 14.6 Å². The maximum atomic E-state index is 12.9. The molecular weight excluding hydrogens is 584 g/mol. The Morgan fingerprint density at radius 3 is 1.89 bits per heavy atom. The van der Waals surface area contributed by atoms with Crippen LogP contribution in [0.1, 0.15) is 82.5 Å². The molecule has 1 unspecified atom stereocenters. The molecule has 0 aromatic carbocycles. The predicted octanol–water partition coefficient (Wildman–Crippen LogP) is 6.28. The van der Waals surface area contributed by atoms with Crippen molar-refractivity contribution in [3.8, 4) is 0 Å². The average Bonchev–Trinajstić information content (AvgIpc) is 3.01. The molecule has 1 heterocycles. The minimum atomic E-state index is -1.34. The van der Waals surface area contributed by atoms with E-state index in [0.29, 0.717) is 6.42 Å². The molecule has 1 aromatic heterocycles. The van der Waals surface area contributed by atoms with Gasteiger partial charge in [0.15, 0.2) is 18.5 Å². The van der Waals surface area contributed by atoms with Gasteiger partial charge in [-0.05, 0) is 44.6 Å². The number of aryl methyl sites for hydroxylation is 1. The van der Waals surface area contributed by atoms with E-state index < -0.39 is 35.3 Å². The number of esters is 2. The molecule has 0 bridgehead atoms. The smallest absolute Gasteiger partial charge is 0.345 e. The molecule has 0 saturated heterocycles. The van der Waals surface area contributed by atoms with Gasteiger partial charge in [-0.25, -0.2) is 9.36 Å². The Labute approximate surface area is 274 Å². The highest BCUT2D eigenvalue weighted by molar-refractivity contribution is 5.92. The zero-order chi connectivity index (χ0) is 34.0. The van der Waals surface area contributed by atoms with Gasteiger partial charge in [-0.2, -0.15) is 0 Å². The number of nitrogens with one attached hydrogen (secondary N) is 1. The molecule has 0 saturated carbocycles. The van der Waals surface area contributed by atoms with E-state index in [1.54, 1.807) is 56.1 Å². The summed E-state index contributed by atoms with van der Waals surface area (Å²) in [7, 11) is 1.74. The number of hydrogen-bond acceptors (Lipinski definition) is 6. The molecule has 0 fully saturated rings. The van der Waals surface area contributed by atoms with Crippen LogP contribution >= 0.6 is 0 Å². The lowest BCUT2D eigenvalue weighted by Crippen LogP contribution is -2.49. The third-order valence-corrected chi connectivity index (χ3v) is 6.47. The summed E-state index contributed by atoms with van der Waals surface area (Å²) in [4.78, 5) is 49.0. The average molecular weight is 636 g/mol. The van der Waals surface area contributed by atoms with E-state index >= 15 is 0 Å². The number of carbonyl (C=O) groups excluding carboxylic acids is 3. The largest absolute Gasteiger partial charge is 0.481 e. The Morgan fingerprint density at radius 1 is 0.870 bits per heavy atom. The fourth-order valence-electron chi connectivity index (χ4n) is 3.94. The Balaban J connectivity index is 2.49. The second-order valence-electron chi connectivity index (χ2n) is 11.2. The third kappa shape index (κ3) is 19.0. The molecule has 0 aliphatic carbocycles. The van der Waals surface area contributed by atoms with Crippen LogP contribution in [0.25, 0.3) is 0 Å². The number of pyridine rings is 1. The summed E-state index contributed by atoms with van der Waals surface area (Å²) in [5.41, 5.74) is -0.868. The van der Waals surface area contributed by atoms with E-state index in [1.807, 2.05) is 12.2 Å². The Morgan fingerprint density at radius 2 is 1.39 bits per heavy atom. The molecule has 1 atom stereocenters. The first-order valence-electron chi connectivity index (χ1n) is 15.8. The number of aliphatic carboxylic acids is 1. The summed E-state index contributed by atoms with van der Waals surface area (Å²) >= 11 is 0. The van der Waals surface area contributed by atoms with Crippen molar-refractivity contribution in [1.29, 1.82) is 0 Å². The van der Waals surface area contributed by atoms with Crippen LogP contribution in [-0.4, -0.2) is 48.2 Å². The van der Waals surface area contributed by atoms with E-state index in [0.717, 1.165) is 32.1 Å². The van der Waals surface area contributed by atoms with Crippen LogP contribution < -0.4 is 9.88 Å². The van der Waals surface area contributed by atoms with Crippen LogP contribution in [0.2, 0.25) is 0 Å². The molecule has 250 valence electrons. The number of hydrogen-bond donors (Lipinski definition) is 2. The molecule has 9 heteroatoms. The maximum absolute atomic E-state index is 12.9. The second kappa shape index (κ2) is 23.8. The van der Waals surface area contributed by atoms with Crippen molar-refractivity contribution in [2.75, 3.05) is 13.2 Å². The number of rotatable bonds is 22. The molecule has 1 amide bonds. The van der Waals surface area contributed by atoms with E-state index in [2.05, 4.69) is 66.9 Å². The van der Waals surface area contributed by atoms with Crippen LogP contribution in [0.3, 0.4) is 0 Å². The standard InChI is InChI=1S/C37H50N2O7/c1-5-6-7-8-9-10-11-12-13-14-15-16-17-18-19-20-21-22-25-33(42)45-30-37(2,3)34(35(43)38-27-26-32(40)41)46-36(44)31-24-23-28-39(4)29-31/h6-7,9-10,12-13,15-16,18-19,21-24,28-29,34H,5,8,11,14,17,20,25-27,30H2,1-4H3,(H-,38,40,41,43)/p+1. The van der Waals surface area contributed by atoms with Gasteiger partial charge in [0.25, 0.3) is 5.91 Å². The zero-order valence-corrected chi connectivity index (χ0v) is 27.7. The molecule has 0 aliphatic rings. The number of carboxylic acid groups (broad SMARTS) is 1. The van der Waals surface area contributed by atoms with Gasteiger partial charge in [-0.1, -0.05) is 93.7 Å². The van der Waals surface area contributed by atoms with Crippen LogP contribution in [-0.2, 0) is 30.9 Å². The highest BCUT2D eigenvalue weighted by Gasteiger charge is 2.40. The molecule has 1 aromatic rings. The van der Waals surface area contributed by atoms with Crippen LogP contribution in [0.4, 0.5) is 0 Å². The molecule has 1 rings (SSSR count). The first-order chi connectivity index (χ1) is 22.1. The molecular formula is C37H51N2O7+. The lowest BCUT2D eigenvalue weighted by Gasteiger charge is -2.32. The normalized spacial score (nSPS) is 13.0. The van der Waals surface area contributed by atoms with Crippen molar-refractivity contribution in [3.63, 3.8) is 0 Å². The minimum Gasteiger partial charge on any atom is -0.481 e. The third-order valence-electron chi connectivity index (χ3n) is 6.47. The van der Waals surface area contributed by atoms with Crippen molar-refractivity contribution in [3.05, 3.63) is 103 Å². The minimum absolute atomic E-state index is 0.0521. The van der Waals surface area contributed by atoms with E-state index in [9.17, 15) is 19.2 Å². The zero-order valence-electron chi connectivity index (χ0n) is 27.7. The van der Waals surface area contributed by atoms with Crippen molar-refractivity contribution < 1.29 is 38.3 Å². The van der Waals surface area contributed by atoms with Crippen molar-refractivity contribution in [1.82, 2.24) is 5.32 Å². The van der Waals surface area contributed by atoms with Crippen molar-refractivity contribution >= 4 is 23.8 Å². The first-order valence-corrected chi connectivity index (χ1v) is 15.8. The number of amides is 1. The molecule has 0 radical (unpaired) electrons. The van der Waals surface area contributed by atoms with Gasteiger partial charge in [-0.15, -0.1) is 0 Å². The molecule has 9 nitrogen and oxygen atoms in total. The quantitative estimate of drug-likeness (QED) is 0.0873. The maximum Gasteiger partial charge on any atom is 0.345 e. The van der Waals surface area contributed by atoms with Crippen LogP contribution in [0, 0.1) is 5.41 Å². The van der Waals surface area contributed by atoms with Crippen LogP contribution in [0.5, 0.6) is 0 Å². The number of allylic oxidation sites excluding steroid dienone is 11. The molecule has 0 spiro atoms. The summed E-state index contributed by atoms with van der Waals surface area (Å²) in [6.07, 6.45) is 32.1. The summed E-state index contributed by atoms with van der Waals surface area (Å²) in [5.74, 6) is -2.97. The lowest BCUT2D eigenvalue weighted by molar-refractivity contribution is -0.671. The monoisotopic (exact) mass is 635 g/mol. The van der Waals surface area contributed by atoms with Gasteiger partial charge in [-0.3, -0.25) is 14.4 Å². The summed E-state index contributed by atoms with van der Waals surface area (Å²) in [5, 5.41) is 11.4. The fourth-order valence-corrected chi connectivity index (χ4v) is 3.94. The number of carboxylic acids is 1. The van der Waals surface area contributed by atoms with Gasteiger partial charge < -0.3 is 19.9 Å². The van der Waals surface area contributed by atoms with Gasteiger partial charge in [0.1, 0.15) is 19.2 Å². The van der Waals surface area contributed by atoms with Crippen LogP contribution in [0.15, 0.2) is 97.4 Å². The number of nitrogens with zero attached hydrogens (tertiary/aromatic N) is 1. The molecule has 2 N–H and O–H groups in total. The Bertz CT molecular complexity index is 1270. The molecule has 0 aliphatic heterocycles. The van der Waals surface area contributed by atoms with Crippen molar-refractivity contribution in [2.45, 2.75) is 78.2 Å². The van der Waals surface area contributed by atoms with E-state index in [-0.39, 0.29) is 31.6 Å². The highest BCUT2D eigenvalue weighted by Crippen LogP contribution is 2.26. The van der Waals surface area contributed by atoms with Crippen molar-refractivity contribution in [2.24, 2.45) is 12.5 Å².